The van der Waals surface area contributed by atoms with Crippen LogP contribution in [0.2, 0.25) is 5.02 Å². The zero-order valence-corrected chi connectivity index (χ0v) is 18.0. The summed E-state index contributed by atoms with van der Waals surface area (Å²) in [5.41, 5.74) is 2.31. The second-order valence-corrected chi connectivity index (χ2v) is 9.23. The number of hydrogen-bond acceptors (Lipinski definition) is 5. The van der Waals surface area contributed by atoms with E-state index in [1.807, 2.05) is 36.7 Å². The van der Waals surface area contributed by atoms with Crippen LogP contribution in [0, 0.1) is 5.41 Å². The molecule has 0 saturated carbocycles. The van der Waals surface area contributed by atoms with Gasteiger partial charge in [0.1, 0.15) is 0 Å². The van der Waals surface area contributed by atoms with Crippen LogP contribution in [-0.4, -0.2) is 63.7 Å². The fraction of sp³-hybridized carbons (Fsp3) is 0.565. The van der Waals surface area contributed by atoms with Gasteiger partial charge in [0.2, 0.25) is 0 Å². The minimum absolute atomic E-state index is 0.240. The number of nitrogens with zero attached hydrogens (tertiary/aromatic N) is 4. The zero-order chi connectivity index (χ0) is 20.3. The van der Waals surface area contributed by atoms with E-state index in [4.69, 9.17) is 11.6 Å². The van der Waals surface area contributed by atoms with Crippen molar-refractivity contribution >= 4 is 11.6 Å². The average Bonchev–Trinajstić information content (AvgIpc) is 2.71. The third kappa shape index (κ3) is 5.15. The van der Waals surface area contributed by atoms with Crippen molar-refractivity contribution in [3.05, 3.63) is 47.2 Å². The van der Waals surface area contributed by atoms with Gasteiger partial charge in [-0.2, -0.15) is 0 Å². The molecule has 0 bridgehead atoms. The normalized spacial score (nSPS) is 22.8. The highest BCUT2D eigenvalue weighted by atomic mass is 35.5. The first kappa shape index (κ1) is 20.7. The van der Waals surface area contributed by atoms with E-state index in [2.05, 4.69) is 26.7 Å². The lowest BCUT2D eigenvalue weighted by molar-refractivity contribution is -0.0436. The molecule has 0 radical (unpaired) electrons. The molecular weight excluding hydrogens is 384 g/mol. The Bertz CT molecular complexity index is 788. The summed E-state index contributed by atoms with van der Waals surface area (Å²) in [7, 11) is 0. The predicted octanol–water partition coefficient (Wildman–Crippen LogP) is 3.86. The SMILES string of the molecule is CCCN1CCC2(CC1)CC(O)CN(Cc1cnc(-c3ccc(Cl)cc3)nc1)C2. The van der Waals surface area contributed by atoms with E-state index in [1.165, 1.54) is 25.8 Å². The maximum atomic E-state index is 10.6. The predicted molar refractivity (Wildman–Crippen MR) is 117 cm³/mol. The van der Waals surface area contributed by atoms with Crippen LogP contribution >= 0.6 is 11.6 Å². The first-order valence-electron chi connectivity index (χ1n) is 10.7. The molecule has 1 aromatic heterocycles. The van der Waals surface area contributed by atoms with Crippen LogP contribution in [-0.2, 0) is 6.54 Å². The van der Waals surface area contributed by atoms with Crippen LogP contribution < -0.4 is 0 Å². The van der Waals surface area contributed by atoms with Gasteiger partial charge in [-0.15, -0.1) is 0 Å². The molecule has 1 N–H and O–H groups in total. The van der Waals surface area contributed by atoms with Gasteiger partial charge >= 0.3 is 0 Å². The Kier molecular flexibility index (Phi) is 6.50. The standard InChI is InChI=1S/C23H31ClN4O/c1-2-9-27-10-7-23(8-11-27)12-21(29)16-28(17-23)15-18-13-25-22(26-14-18)19-3-5-20(24)6-4-19/h3-6,13-14,21,29H,2,7-12,15-17H2,1H3. The molecule has 1 aromatic carbocycles. The van der Waals surface area contributed by atoms with Gasteiger partial charge < -0.3 is 10.0 Å². The lowest BCUT2D eigenvalue weighted by atomic mass is 9.71. The monoisotopic (exact) mass is 414 g/mol. The fourth-order valence-electron chi connectivity index (χ4n) is 4.96. The molecule has 0 amide bonds. The second-order valence-electron chi connectivity index (χ2n) is 8.79. The van der Waals surface area contributed by atoms with Gasteiger partial charge in [0.15, 0.2) is 5.82 Å². The smallest absolute Gasteiger partial charge is 0.159 e. The summed E-state index contributed by atoms with van der Waals surface area (Å²) >= 11 is 5.96. The van der Waals surface area contributed by atoms with Gasteiger partial charge in [0.05, 0.1) is 6.10 Å². The van der Waals surface area contributed by atoms with Gasteiger partial charge in [0.25, 0.3) is 0 Å². The lowest BCUT2D eigenvalue weighted by Crippen LogP contribution is -2.53. The lowest BCUT2D eigenvalue weighted by Gasteiger charge is -2.49. The quantitative estimate of drug-likeness (QED) is 0.805. The number of aliphatic hydroxyl groups is 1. The summed E-state index contributed by atoms with van der Waals surface area (Å²) in [6.07, 6.45) is 8.11. The molecule has 29 heavy (non-hydrogen) atoms. The van der Waals surface area contributed by atoms with E-state index in [0.717, 1.165) is 50.3 Å². The molecule has 5 nitrogen and oxygen atoms in total. The number of benzene rings is 1. The molecule has 2 aliphatic heterocycles. The number of β-amino-alcohol motifs (C(OH)–C–C–N with tert-alkyl or cyclic N) is 1. The molecule has 4 rings (SSSR count). The van der Waals surface area contributed by atoms with Crippen molar-refractivity contribution in [2.45, 2.75) is 45.3 Å². The molecule has 156 valence electrons. The maximum Gasteiger partial charge on any atom is 0.159 e. The number of rotatable bonds is 5. The Morgan fingerprint density at radius 1 is 1.10 bits per heavy atom. The third-order valence-corrected chi connectivity index (χ3v) is 6.62. The Hall–Kier alpha value is -1.53. The van der Waals surface area contributed by atoms with Crippen molar-refractivity contribution < 1.29 is 5.11 Å². The van der Waals surface area contributed by atoms with E-state index in [1.54, 1.807) is 0 Å². The first-order chi connectivity index (χ1) is 14.0. The van der Waals surface area contributed by atoms with E-state index < -0.39 is 0 Å². The summed E-state index contributed by atoms with van der Waals surface area (Å²) in [5.74, 6) is 0.712. The van der Waals surface area contributed by atoms with Crippen LogP contribution in [0.3, 0.4) is 0 Å². The van der Waals surface area contributed by atoms with Crippen molar-refractivity contribution in [3.63, 3.8) is 0 Å². The Morgan fingerprint density at radius 2 is 1.79 bits per heavy atom. The van der Waals surface area contributed by atoms with E-state index >= 15 is 0 Å². The number of hydrogen-bond donors (Lipinski definition) is 1. The molecule has 2 saturated heterocycles. The zero-order valence-electron chi connectivity index (χ0n) is 17.2. The van der Waals surface area contributed by atoms with Crippen LogP contribution in [0.15, 0.2) is 36.7 Å². The Labute approximate surface area is 178 Å². The van der Waals surface area contributed by atoms with Gasteiger partial charge in [-0.05, 0) is 75.0 Å². The third-order valence-electron chi connectivity index (χ3n) is 6.37. The highest BCUT2D eigenvalue weighted by Gasteiger charge is 2.41. The molecule has 2 fully saturated rings. The Morgan fingerprint density at radius 3 is 2.45 bits per heavy atom. The fourth-order valence-corrected chi connectivity index (χ4v) is 5.08. The molecule has 3 heterocycles. The van der Waals surface area contributed by atoms with Crippen LogP contribution in [0.25, 0.3) is 11.4 Å². The largest absolute Gasteiger partial charge is 0.392 e. The van der Waals surface area contributed by atoms with E-state index in [-0.39, 0.29) is 11.5 Å². The molecular formula is C23H31ClN4O. The number of aliphatic hydroxyl groups excluding tert-OH is 1. The van der Waals surface area contributed by atoms with Gasteiger partial charge in [-0.3, -0.25) is 4.90 Å². The number of aromatic nitrogens is 2. The number of halogens is 1. The highest BCUT2D eigenvalue weighted by Crippen LogP contribution is 2.40. The summed E-state index contributed by atoms with van der Waals surface area (Å²) in [6, 6.07) is 7.59. The topological polar surface area (TPSA) is 52.5 Å². The van der Waals surface area contributed by atoms with Crippen molar-refractivity contribution in [2.24, 2.45) is 5.41 Å². The molecule has 2 aromatic rings. The number of likely N-dealkylation sites (tertiary alicyclic amines) is 2. The maximum absolute atomic E-state index is 10.6. The van der Waals surface area contributed by atoms with E-state index in [9.17, 15) is 5.11 Å². The molecule has 1 atom stereocenters. The molecule has 6 heteroatoms. The first-order valence-corrected chi connectivity index (χ1v) is 11.1. The van der Waals surface area contributed by atoms with Crippen molar-refractivity contribution in [1.29, 1.82) is 0 Å². The summed E-state index contributed by atoms with van der Waals surface area (Å²) in [6.45, 7) is 8.34. The minimum Gasteiger partial charge on any atom is -0.392 e. The van der Waals surface area contributed by atoms with Crippen LogP contribution in [0.5, 0.6) is 0 Å². The summed E-state index contributed by atoms with van der Waals surface area (Å²) in [5, 5.41) is 11.3. The van der Waals surface area contributed by atoms with Crippen molar-refractivity contribution in [2.75, 3.05) is 32.7 Å². The number of piperidine rings is 2. The van der Waals surface area contributed by atoms with Crippen molar-refractivity contribution in [3.8, 4) is 11.4 Å². The summed E-state index contributed by atoms with van der Waals surface area (Å²) < 4.78 is 0. The van der Waals surface area contributed by atoms with Crippen molar-refractivity contribution in [1.82, 2.24) is 19.8 Å². The molecule has 1 unspecified atom stereocenters. The average molecular weight is 415 g/mol. The molecule has 2 aliphatic rings. The second kappa shape index (κ2) is 9.09. The van der Waals surface area contributed by atoms with E-state index in [0.29, 0.717) is 10.8 Å². The van der Waals surface area contributed by atoms with Gasteiger partial charge in [-0.25, -0.2) is 9.97 Å². The van der Waals surface area contributed by atoms with Gasteiger partial charge in [-0.1, -0.05) is 18.5 Å². The van der Waals surface area contributed by atoms with Gasteiger partial charge in [0, 0.05) is 48.2 Å². The molecule has 1 spiro atoms. The Balaban J connectivity index is 1.39. The summed E-state index contributed by atoms with van der Waals surface area (Å²) in [4.78, 5) is 14.1. The molecule has 0 aliphatic carbocycles. The highest BCUT2D eigenvalue weighted by molar-refractivity contribution is 6.30. The van der Waals surface area contributed by atoms with Crippen LogP contribution in [0.4, 0.5) is 0 Å². The minimum atomic E-state index is -0.240. The van der Waals surface area contributed by atoms with Crippen LogP contribution in [0.1, 0.15) is 38.2 Å².